The van der Waals surface area contributed by atoms with E-state index in [4.69, 9.17) is 9.47 Å². The SMILES string of the molecule is COC(=O)C1=C(C(=O)OC)C(C)(C)N2[C@H](c3ccccc3)[C@@H](NC(=O)c3ccccc3)C(=O)N12. The first kappa shape index (κ1) is 23.2. The molecule has 176 valence electrons. The largest absolute Gasteiger partial charge is 0.466 e. The average Bonchev–Trinajstić information content (AvgIpc) is 3.27. The van der Waals surface area contributed by atoms with Gasteiger partial charge in [0.25, 0.3) is 11.8 Å². The maximum atomic E-state index is 13.8. The highest BCUT2D eigenvalue weighted by Crippen LogP contribution is 2.49. The van der Waals surface area contributed by atoms with Gasteiger partial charge in [-0.25, -0.2) is 14.6 Å². The lowest BCUT2D eigenvalue weighted by Crippen LogP contribution is -2.49. The maximum Gasteiger partial charge on any atom is 0.356 e. The summed E-state index contributed by atoms with van der Waals surface area (Å²) in [5.74, 6) is -2.60. The summed E-state index contributed by atoms with van der Waals surface area (Å²) >= 11 is 0. The number of amides is 2. The Morgan fingerprint density at radius 2 is 1.44 bits per heavy atom. The zero-order valence-corrected chi connectivity index (χ0v) is 19.3. The van der Waals surface area contributed by atoms with Gasteiger partial charge in [0.05, 0.1) is 31.4 Å². The molecule has 9 heteroatoms. The number of hydrogen-bond acceptors (Lipinski definition) is 7. The van der Waals surface area contributed by atoms with E-state index < -0.39 is 41.4 Å². The molecule has 2 heterocycles. The first-order valence-electron chi connectivity index (χ1n) is 10.7. The van der Waals surface area contributed by atoms with Crippen LogP contribution in [0.5, 0.6) is 0 Å². The van der Waals surface area contributed by atoms with Crippen LogP contribution in [0.15, 0.2) is 71.9 Å². The summed E-state index contributed by atoms with van der Waals surface area (Å²) < 4.78 is 9.87. The lowest BCUT2D eigenvalue weighted by atomic mass is 9.88. The van der Waals surface area contributed by atoms with E-state index in [-0.39, 0.29) is 11.3 Å². The molecule has 0 saturated carbocycles. The Hall–Kier alpha value is -3.98. The molecule has 1 saturated heterocycles. The zero-order valence-electron chi connectivity index (χ0n) is 19.3. The molecule has 2 atom stereocenters. The number of methoxy groups -OCH3 is 2. The number of carbonyl (C=O) groups excluding carboxylic acids is 4. The summed E-state index contributed by atoms with van der Waals surface area (Å²) in [6, 6.07) is 15.9. The number of hydrogen-bond donors (Lipinski definition) is 1. The van der Waals surface area contributed by atoms with E-state index >= 15 is 0 Å². The van der Waals surface area contributed by atoms with Crippen molar-refractivity contribution < 1.29 is 28.7 Å². The first-order chi connectivity index (χ1) is 16.2. The van der Waals surface area contributed by atoms with E-state index in [2.05, 4.69) is 5.32 Å². The second-order valence-corrected chi connectivity index (χ2v) is 8.43. The van der Waals surface area contributed by atoms with Crippen LogP contribution in [-0.4, -0.2) is 59.6 Å². The number of hydrazine groups is 1. The number of esters is 2. The molecule has 1 fully saturated rings. The van der Waals surface area contributed by atoms with Gasteiger partial charge in [0.15, 0.2) is 5.70 Å². The zero-order chi connectivity index (χ0) is 24.6. The standard InChI is InChI=1S/C25H25N3O6/c1-25(2)17(23(31)33-3)20(24(32)34-4)27-22(30)18(26-21(29)16-13-9-6-10-14-16)19(28(25)27)15-11-7-5-8-12-15/h5-14,18-19H,1-4H3,(H,26,29)/t18-,19-/m1/s1. The third-order valence-electron chi connectivity index (χ3n) is 6.13. The number of carbonyl (C=O) groups is 4. The summed E-state index contributed by atoms with van der Waals surface area (Å²) in [4.78, 5) is 52.4. The minimum absolute atomic E-state index is 0.00367. The van der Waals surface area contributed by atoms with Crippen molar-refractivity contribution in [3.8, 4) is 0 Å². The molecule has 34 heavy (non-hydrogen) atoms. The Labute approximate surface area is 196 Å². The van der Waals surface area contributed by atoms with Crippen molar-refractivity contribution in [3.63, 3.8) is 0 Å². The van der Waals surface area contributed by atoms with Crippen molar-refractivity contribution in [1.29, 1.82) is 0 Å². The van der Waals surface area contributed by atoms with Crippen molar-refractivity contribution in [2.45, 2.75) is 31.5 Å². The summed E-state index contributed by atoms with van der Waals surface area (Å²) in [5, 5.41) is 5.62. The Morgan fingerprint density at radius 3 is 2.00 bits per heavy atom. The van der Waals surface area contributed by atoms with Gasteiger partial charge in [0, 0.05) is 5.56 Å². The van der Waals surface area contributed by atoms with Gasteiger partial charge in [0.2, 0.25) is 0 Å². The minimum atomic E-state index is -1.14. The topological polar surface area (TPSA) is 105 Å². The molecule has 4 rings (SSSR count). The van der Waals surface area contributed by atoms with E-state index in [0.29, 0.717) is 5.56 Å². The van der Waals surface area contributed by atoms with Crippen LogP contribution in [-0.2, 0) is 23.9 Å². The lowest BCUT2D eigenvalue weighted by Gasteiger charge is -2.38. The monoisotopic (exact) mass is 463 g/mol. The number of nitrogens with zero attached hydrogens (tertiary/aromatic N) is 2. The molecular weight excluding hydrogens is 438 g/mol. The van der Waals surface area contributed by atoms with Gasteiger partial charge in [-0.15, -0.1) is 0 Å². The van der Waals surface area contributed by atoms with Crippen LogP contribution in [0, 0.1) is 0 Å². The van der Waals surface area contributed by atoms with Crippen molar-refractivity contribution in [1.82, 2.24) is 15.3 Å². The molecule has 0 aliphatic carbocycles. The number of benzene rings is 2. The Balaban J connectivity index is 1.87. The molecule has 2 aromatic rings. The quantitative estimate of drug-likeness (QED) is 0.676. The van der Waals surface area contributed by atoms with E-state index in [9.17, 15) is 19.2 Å². The molecule has 2 aliphatic heterocycles. The summed E-state index contributed by atoms with van der Waals surface area (Å²) in [5.41, 5.74) is -0.243. The number of rotatable bonds is 5. The van der Waals surface area contributed by atoms with E-state index in [1.165, 1.54) is 14.2 Å². The van der Waals surface area contributed by atoms with Crippen molar-refractivity contribution >= 4 is 23.8 Å². The van der Waals surface area contributed by atoms with E-state index in [1.54, 1.807) is 49.2 Å². The van der Waals surface area contributed by atoms with Gasteiger partial charge in [-0.05, 0) is 31.5 Å². The fraction of sp³-hybridized carbons (Fsp3) is 0.280. The smallest absolute Gasteiger partial charge is 0.356 e. The first-order valence-corrected chi connectivity index (χ1v) is 10.7. The predicted octanol–water partition coefficient (Wildman–Crippen LogP) is 1.98. The van der Waals surface area contributed by atoms with Crippen LogP contribution in [0.4, 0.5) is 0 Å². The number of nitrogens with one attached hydrogen (secondary N) is 1. The summed E-state index contributed by atoms with van der Waals surface area (Å²) in [6.07, 6.45) is 0. The van der Waals surface area contributed by atoms with Gasteiger partial charge in [-0.3, -0.25) is 9.59 Å². The minimum Gasteiger partial charge on any atom is -0.466 e. The van der Waals surface area contributed by atoms with Crippen LogP contribution in [0.1, 0.15) is 35.8 Å². The van der Waals surface area contributed by atoms with Gasteiger partial charge < -0.3 is 14.8 Å². The average molecular weight is 463 g/mol. The summed E-state index contributed by atoms with van der Waals surface area (Å²) in [6.45, 7) is 3.43. The normalized spacial score (nSPS) is 21.3. The molecule has 9 nitrogen and oxygen atoms in total. The maximum absolute atomic E-state index is 13.8. The lowest BCUT2D eigenvalue weighted by molar-refractivity contribution is -0.148. The van der Waals surface area contributed by atoms with Crippen LogP contribution >= 0.6 is 0 Å². The molecule has 1 N–H and O–H groups in total. The molecule has 0 bridgehead atoms. The molecule has 2 aliphatic rings. The highest BCUT2D eigenvalue weighted by molar-refractivity contribution is 6.07. The second-order valence-electron chi connectivity index (χ2n) is 8.43. The Kier molecular flexibility index (Phi) is 5.97. The molecule has 2 aromatic carbocycles. The highest BCUT2D eigenvalue weighted by Gasteiger charge is 2.63. The van der Waals surface area contributed by atoms with Gasteiger partial charge in [-0.1, -0.05) is 48.5 Å². The Morgan fingerprint density at radius 1 is 0.882 bits per heavy atom. The third-order valence-corrected chi connectivity index (χ3v) is 6.13. The van der Waals surface area contributed by atoms with E-state index in [0.717, 1.165) is 10.6 Å². The number of fused-ring (bicyclic) bond motifs is 1. The predicted molar refractivity (Wildman–Crippen MR) is 121 cm³/mol. The van der Waals surface area contributed by atoms with Crippen LogP contribution < -0.4 is 5.32 Å². The second kappa shape index (κ2) is 8.75. The van der Waals surface area contributed by atoms with Crippen molar-refractivity contribution in [2.24, 2.45) is 0 Å². The molecular formula is C25H25N3O6. The van der Waals surface area contributed by atoms with Gasteiger partial charge in [0.1, 0.15) is 6.04 Å². The molecule has 0 unspecified atom stereocenters. The van der Waals surface area contributed by atoms with Crippen LogP contribution in [0.25, 0.3) is 0 Å². The van der Waals surface area contributed by atoms with Gasteiger partial charge >= 0.3 is 11.9 Å². The van der Waals surface area contributed by atoms with Crippen LogP contribution in [0.3, 0.4) is 0 Å². The van der Waals surface area contributed by atoms with Crippen molar-refractivity contribution in [2.75, 3.05) is 14.2 Å². The van der Waals surface area contributed by atoms with Crippen molar-refractivity contribution in [3.05, 3.63) is 83.1 Å². The van der Waals surface area contributed by atoms with Crippen LogP contribution in [0.2, 0.25) is 0 Å². The fourth-order valence-electron chi connectivity index (χ4n) is 4.64. The molecule has 0 spiro atoms. The molecule has 2 amide bonds. The highest BCUT2D eigenvalue weighted by atomic mass is 16.5. The van der Waals surface area contributed by atoms with E-state index in [1.807, 2.05) is 30.3 Å². The fourth-order valence-corrected chi connectivity index (χ4v) is 4.64. The third kappa shape index (κ3) is 3.54. The Bertz CT molecular complexity index is 1180. The molecule has 0 aromatic heterocycles. The summed E-state index contributed by atoms with van der Waals surface area (Å²) in [7, 11) is 2.38. The van der Waals surface area contributed by atoms with Gasteiger partial charge in [-0.2, -0.15) is 5.01 Å². The number of ether oxygens (including phenoxy) is 2. The molecule has 0 radical (unpaired) electrons.